The van der Waals surface area contributed by atoms with Crippen LogP contribution >= 0.6 is 15.9 Å². The topological polar surface area (TPSA) is 83.0 Å². The number of phenols is 1. The van der Waals surface area contributed by atoms with E-state index in [0.717, 1.165) is 10.2 Å². The standard InChI is InChI=1S/C18H20BrN3O3/c1-3-15(21-14-7-5-13(19)6-8-14)18(24)22-20-11-12-4-9-16(23)17(10-12)25-2/h4-11,15,21,23H,3H2,1-2H3,(H,22,24)/b20-11-/t15-/m1/s1. The quantitative estimate of drug-likeness (QED) is 0.486. The van der Waals surface area contributed by atoms with Gasteiger partial charge in [0.05, 0.1) is 13.3 Å². The number of ether oxygens (including phenoxy) is 1. The molecule has 0 aliphatic rings. The predicted octanol–water partition coefficient (Wildman–Crippen LogP) is 3.50. The zero-order valence-corrected chi connectivity index (χ0v) is 15.6. The largest absolute Gasteiger partial charge is 0.504 e. The molecule has 6 nitrogen and oxygen atoms in total. The molecule has 0 aliphatic heterocycles. The van der Waals surface area contributed by atoms with E-state index < -0.39 is 6.04 Å². The molecule has 0 bridgehead atoms. The number of anilines is 1. The van der Waals surface area contributed by atoms with Crippen LogP contribution in [-0.4, -0.2) is 30.4 Å². The Labute approximate surface area is 155 Å². The number of carbonyl (C=O) groups excluding carboxylic acids is 1. The van der Waals surface area contributed by atoms with Crippen molar-refractivity contribution >= 4 is 33.7 Å². The van der Waals surface area contributed by atoms with Crippen molar-refractivity contribution in [3.8, 4) is 11.5 Å². The first-order valence-corrected chi connectivity index (χ1v) is 8.54. The van der Waals surface area contributed by atoms with E-state index in [2.05, 4.69) is 31.8 Å². The van der Waals surface area contributed by atoms with Crippen molar-refractivity contribution in [2.45, 2.75) is 19.4 Å². The smallest absolute Gasteiger partial charge is 0.262 e. The molecule has 7 heteroatoms. The number of phenolic OH excluding ortho intramolecular Hbond substituents is 1. The predicted molar refractivity (Wildman–Crippen MR) is 102 cm³/mol. The molecule has 1 atom stereocenters. The van der Waals surface area contributed by atoms with Gasteiger partial charge in [-0.3, -0.25) is 4.79 Å². The van der Waals surface area contributed by atoms with E-state index in [1.165, 1.54) is 19.4 Å². The molecule has 0 unspecified atom stereocenters. The summed E-state index contributed by atoms with van der Waals surface area (Å²) in [7, 11) is 1.47. The average molecular weight is 406 g/mol. The summed E-state index contributed by atoms with van der Waals surface area (Å²) in [6.45, 7) is 1.92. The van der Waals surface area contributed by atoms with E-state index in [4.69, 9.17) is 4.74 Å². The van der Waals surface area contributed by atoms with E-state index in [0.29, 0.717) is 17.7 Å². The molecule has 0 heterocycles. The number of nitrogens with zero attached hydrogens (tertiary/aromatic N) is 1. The number of hydrogen-bond acceptors (Lipinski definition) is 5. The molecular formula is C18H20BrN3O3. The summed E-state index contributed by atoms with van der Waals surface area (Å²) in [5, 5.41) is 16.7. The fourth-order valence-electron chi connectivity index (χ4n) is 2.12. The van der Waals surface area contributed by atoms with Crippen molar-refractivity contribution in [2.75, 3.05) is 12.4 Å². The SMILES string of the molecule is CC[C@@H](Nc1ccc(Br)cc1)C(=O)N/N=C\c1ccc(O)c(OC)c1. The molecule has 0 radical (unpaired) electrons. The van der Waals surface area contributed by atoms with Crippen molar-refractivity contribution in [1.82, 2.24) is 5.43 Å². The lowest BCUT2D eigenvalue weighted by atomic mass is 10.2. The van der Waals surface area contributed by atoms with Crippen LogP contribution in [0.15, 0.2) is 52.0 Å². The summed E-state index contributed by atoms with van der Waals surface area (Å²) >= 11 is 3.38. The molecule has 0 saturated heterocycles. The van der Waals surface area contributed by atoms with Gasteiger partial charge in [0.1, 0.15) is 6.04 Å². The summed E-state index contributed by atoms with van der Waals surface area (Å²) in [4.78, 5) is 12.3. The second-order valence-electron chi connectivity index (χ2n) is 5.28. The summed E-state index contributed by atoms with van der Waals surface area (Å²) in [5.74, 6) is 0.166. The summed E-state index contributed by atoms with van der Waals surface area (Å²) < 4.78 is 6.01. The van der Waals surface area contributed by atoms with Gasteiger partial charge in [-0.25, -0.2) is 5.43 Å². The van der Waals surface area contributed by atoms with E-state index in [-0.39, 0.29) is 11.7 Å². The Bertz CT molecular complexity index is 748. The Hall–Kier alpha value is -2.54. The number of hydrazone groups is 1. The summed E-state index contributed by atoms with van der Waals surface area (Å²) in [5.41, 5.74) is 4.08. The molecule has 3 N–H and O–H groups in total. The van der Waals surface area contributed by atoms with Gasteiger partial charge in [-0.1, -0.05) is 22.9 Å². The van der Waals surface area contributed by atoms with Crippen molar-refractivity contribution in [1.29, 1.82) is 0 Å². The summed E-state index contributed by atoms with van der Waals surface area (Å²) in [6.07, 6.45) is 2.11. The van der Waals surface area contributed by atoms with Gasteiger partial charge >= 0.3 is 0 Å². The van der Waals surface area contributed by atoms with Gasteiger partial charge in [-0.2, -0.15) is 5.10 Å². The Morgan fingerprint density at radius 3 is 2.68 bits per heavy atom. The van der Waals surface area contributed by atoms with Crippen molar-refractivity contribution in [3.05, 3.63) is 52.5 Å². The minimum atomic E-state index is -0.396. The van der Waals surface area contributed by atoms with Gasteiger partial charge in [-0.15, -0.1) is 0 Å². The molecule has 0 aliphatic carbocycles. The van der Waals surface area contributed by atoms with Gasteiger partial charge in [0.2, 0.25) is 0 Å². The van der Waals surface area contributed by atoms with Crippen molar-refractivity contribution in [2.24, 2.45) is 5.10 Å². The molecule has 0 fully saturated rings. The van der Waals surface area contributed by atoms with Gasteiger partial charge < -0.3 is 15.2 Å². The third-order valence-electron chi connectivity index (χ3n) is 3.50. The highest BCUT2D eigenvalue weighted by atomic mass is 79.9. The summed E-state index contributed by atoms with van der Waals surface area (Å²) in [6, 6.07) is 12.0. The van der Waals surface area contributed by atoms with Crippen LogP contribution in [0.2, 0.25) is 0 Å². The number of methoxy groups -OCH3 is 1. The third-order valence-corrected chi connectivity index (χ3v) is 4.03. The number of rotatable bonds is 7. The van der Waals surface area contributed by atoms with E-state index >= 15 is 0 Å². The van der Waals surface area contributed by atoms with Crippen LogP contribution in [0.25, 0.3) is 0 Å². The number of halogens is 1. The van der Waals surface area contributed by atoms with Crippen LogP contribution in [0.4, 0.5) is 5.69 Å². The number of amides is 1. The Balaban J connectivity index is 1.96. The first-order chi connectivity index (χ1) is 12.0. The highest BCUT2D eigenvalue weighted by molar-refractivity contribution is 9.10. The number of aromatic hydroxyl groups is 1. The normalized spacial score (nSPS) is 12.0. The first kappa shape index (κ1) is 18.8. The maximum atomic E-state index is 12.3. The Kier molecular flexibility index (Phi) is 6.82. The lowest BCUT2D eigenvalue weighted by Gasteiger charge is -2.16. The monoisotopic (exact) mass is 405 g/mol. The van der Waals surface area contributed by atoms with Crippen LogP contribution in [-0.2, 0) is 4.79 Å². The van der Waals surface area contributed by atoms with Crippen LogP contribution in [0.3, 0.4) is 0 Å². The zero-order valence-electron chi connectivity index (χ0n) is 14.0. The molecule has 2 rings (SSSR count). The van der Waals surface area contributed by atoms with Gasteiger partial charge in [0.15, 0.2) is 11.5 Å². The van der Waals surface area contributed by atoms with E-state index in [1.807, 2.05) is 31.2 Å². The molecule has 0 aromatic heterocycles. The van der Waals surface area contributed by atoms with Crippen molar-refractivity contribution in [3.63, 3.8) is 0 Å². The minimum Gasteiger partial charge on any atom is -0.504 e. The lowest BCUT2D eigenvalue weighted by Crippen LogP contribution is -2.36. The number of nitrogens with one attached hydrogen (secondary N) is 2. The maximum absolute atomic E-state index is 12.3. The molecule has 25 heavy (non-hydrogen) atoms. The van der Waals surface area contributed by atoms with Gasteiger partial charge in [-0.05, 0) is 54.4 Å². The first-order valence-electron chi connectivity index (χ1n) is 7.75. The highest BCUT2D eigenvalue weighted by Crippen LogP contribution is 2.25. The molecular weight excluding hydrogens is 386 g/mol. The zero-order chi connectivity index (χ0) is 18.2. The third kappa shape index (κ3) is 5.49. The molecule has 2 aromatic rings. The fraction of sp³-hybridized carbons (Fsp3) is 0.222. The molecule has 0 saturated carbocycles. The number of hydrogen-bond donors (Lipinski definition) is 3. The second kappa shape index (κ2) is 9.08. The number of carbonyl (C=O) groups is 1. The molecule has 132 valence electrons. The Morgan fingerprint density at radius 1 is 1.32 bits per heavy atom. The fourth-order valence-corrected chi connectivity index (χ4v) is 2.39. The average Bonchev–Trinajstić information content (AvgIpc) is 2.62. The molecule has 1 amide bonds. The van der Waals surface area contributed by atoms with Crippen LogP contribution in [0.1, 0.15) is 18.9 Å². The Morgan fingerprint density at radius 2 is 2.04 bits per heavy atom. The van der Waals surface area contributed by atoms with E-state index in [1.54, 1.807) is 12.1 Å². The highest BCUT2D eigenvalue weighted by Gasteiger charge is 2.15. The number of benzene rings is 2. The van der Waals surface area contributed by atoms with Crippen LogP contribution < -0.4 is 15.5 Å². The van der Waals surface area contributed by atoms with Crippen LogP contribution in [0.5, 0.6) is 11.5 Å². The van der Waals surface area contributed by atoms with Crippen molar-refractivity contribution < 1.29 is 14.6 Å². The minimum absolute atomic E-state index is 0.0495. The maximum Gasteiger partial charge on any atom is 0.262 e. The second-order valence-corrected chi connectivity index (χ2v) is 6.19. The van der Waals surface area contributed by atoms with Gasteiger partial charge in [0, 0.05) is 10.2 Å². The van der Waals surface area contributed by atoms with Gasteiger partial charge in [0.25, 0.3) is 5.91 Å². The van der Waals surface area contributed by atoms with Crippen LogP contribution in [0, 0.1) is 0 Å². The van der Waals surface area contributed by atoms with E-state index in [9.17, 15) is 9.90 Å². The molecule has 2 aromatic carbocycles. The molecule has 0 spiro atoms. The lowest BCUT2D eigenvalue weighted by molar-refractivity contribution is -0.121.